The molecule has 0 aliphatic carbocycles. The number of nitrogens with zero attached hydrogens (tertiary/aromatic N) is 2. The van der Waals surface area contributed by atoms with E-state index >= 15 is 0 Å². The lowest BCUT2D eigenvalue weighted by molar-refractivity contribution is 0.981. The second-order valence-corrected chi connectivity index (χ2v) is 3.91. The number of hydrogen-bond acceptors (Lipinski definition) is 4. The molecule has 0 saturated heterocycles. The van der Waals surface area contributed by atoms with Gasteiger partial charge in [-0.05, 0) is 17.7 Å². The summed E-state index contributed by atoms with van der Waals surface area (Å²) in [5.74, 6) is 0. The molecule has 2 aromatic rings. The first-order valence-corrected chi connectivity index (χ1v) is 5.28. The summed E-state index contributed by atoms with van der Waals surface area (Å²) in [6, 6.07) is 4.01. The van der Waals surface area contributed by atoms with E-state index in [4.69, 9.17) is 5.73 Å². The maximum atomic E-state index is 5.49. The molecular formula is C10H11N3S. The number of thiazole rings is 1. The van der Waals surface area contributed by atoms with Crippen molar-refractivity contribution in [3.05, 3.63) is 46.2 Å². The second-order valence-electron chi connectivity index (χ2n) is 2.97. The van der Waals surface area contributed by atoms with E-state index in [0.29, 0.717) is 6.54 Å². The fraction of sp³-hybridized carbons (Fsp3) is 0.200. The SMILES string of the molecule is NCc1csc(Cc2ccncc2)n1. The number of nitrogens with two attached hydrogens (primary N) is 1. The molecule has 4 heteroatoms. The summed E-state index contributed by atoms with van der Waals surface area (Å²) in [6.45, 7) is 0.521. The fourth-order valence-corrected chi connectivity index (χ4v) is 2.04. The summed E-state index contributed by atoms with van der Waals surface area (Å²) in [7, 11) is 0. The molecule has 0 unspecified atom stereocenters. The van der Waals surface area contributed by atoms with Crippen LogP contribution >= 0.6 is 11.3 Å². The molecule has 2 rings (SSSR count). The van der Waals surface area contributed by atoms with Crippen molar-refractivity contribution in [3.63, 3.8) is 0 Å². The lowest BCUT2D eigenvalue weighted by Gasteiger charge is -1.95. The third kappa shape index (κ3) is 2.16. The monoisotopic (exact) mass is 205 g/mol. The van der Waals surface area contributed by atoms with Crippen molar-refractivity contribution >= 4 is 11.3 Å². The third-order valence-corrected chi connectivity index (χ3v) is 2.81. The van der Waals surface area contributed by atoms with Gasteiger partial charge in [0, 0.05) is 30.7 Å². The van der Waals surface area contributed by atoms with Crippen LogP contribution in [0.5, 0.6) is 0 Å². The van der Waals surface area contributed by atoms with Gasteiger partial charge >= 0.3 is 0 Å². The lowest BCUT2D eigenvalue weighted by atomic mass is 10.2. The van der Waals surface area contributed by atoms with Crippen LogP contribution in [0.25, 0.3) is 0 Å². The van der Waals surface area contributed by atoms with Crippen molar-refractivity contribution in [2.45, 2.75) is 13.0 Å². The van der Waals surface area contributed by atoms with E-state index in [1.165, 1.54) is 5.56 Å². The smallest absolute Gasteiger partial charge is 0.0972 e. The zero-order valence-corrected chi connectivity index (χ0v) is 8.50. The van der Waals surface area contributed by atoms with Crippen molar-refractivity contribution < 1.29 is 0 Å². The van der Waals surface area contributed by atoms with Gasteiger partial charge in [-0.25, -0.2) is 4.98 Å². The van der Waals surface area contributed by atoms with Gasteiger partial charge in [0.15, 0.2) is 0 Å². The van der Waals surface area contributed by atoms with Gasteiger partial charge in [-0.15, -0.1) is 11.3 Å². The Bertz CT molecular complexity index is 397. The van der Waals surface area contributed by atoms with Gasteiger partial charge < -0.3 is 5.73 Å². The van der Waals surface area contributed by atoms with Crippen molar-refractivity contribution in [3.8, 4) is 0 Å². The van der Waals surface area contributed by atoms with Crippen LogP contribution in [0.2, 0.25) is 0 Å². The Morgan fingerprint density at radius 3 is 2.71 bits per heavy atom. The van der Waals surface area contributed by atoms with Crippen LogP contribution in [0.15, 0.2) is 29.9 Å². The van der Waals surface area contributed by atoms with Crippen molar-refractivity contribution in [1.82, 2.24) is 9.97 Å². The first kappa shape index (κ1) is 9.30. The minimum atomic E-state index is 0.521. The van der Waals surface area contributed by atoms with Crippen molar-refractivity contribution in [2.24, 2.45) is 5.73 Å². The molecule has 0 atom stereocenters. The summed E-state index contributed by atoms with van der Waals surface area (Å²) in [4.78, 5) is 8.37. The number of rotatable bonds is 3. The molecule has 0 bridgehead atoms. The van der Waals surface area contributed by atoms with E-state index in [0.717, 1.165) is 17.1 Å². The predicted octanol–water partition coefficient (Wildman–Crippen LogP) is 1.59. The molecule has 2 aromatic heterocycles. The summed E-state index contributed by atoms with van der Waals surface area (Å²) in [5.41, 5.74) is 7.70. The zero-order chi connectivity index (χ0) is 9.80. The van der Waals surface area contributed by atoms with Crippen molar-refractivity contribution in [1.29, 1.82) is 0 Å². The quantitative estimate of drug-likeness (QED) is 0.827. The highest BCUT2D eigenvalue weighted by Gasteiger charge is 2.01. The zero-order valence-electron chi connectivity index (χ0n) is 7.68. The van der Waals surface area contributed by atoms with Crippen LogP contribution in [-0.4, -0.2) is 9.97 Å². The van der Waals surface area contributed by atoms with Crippen LogP contribution in [0.4, 0.5) is 0 Å². The van der Waals surface area contributed by atoms with Crippen molar-refractivity contribution in [2.75, 3.05) is 0 Å². The Balaban J connectivity index is 2.11. The molecule has 0 saturated carbocycles. The van der Waals surface area contributed by atoms with E-state index in [1.54, 1.807) is 23.7 Å². The Kier molecular flexibility index (Phi) is 2.86. The van der Waals surface area contributed by atoms with Crippen LogP contribution in [0, 0.1) is 0 Å². The number of hydrogen-bond donors (Lipinski definition) is 1. The first-order chi connectivity index (χ1) is 6.88. The molecule has 0 aliphatic rings. The van der Waals surface area contributed by atoms with Gasteiger partial charge in [0.1, 0.15) is 0 Å². The highest BCUT2D eigenvalue weighted by Crippen LogP contribution is 2.13. The summed E-state index contributed by atoms with van der Waals surface area (Å²) in [6.07, 6.45) is 4.47. The van der Waals surface area contributed by atoms with Gasteiger partial charge in [-0.3, -0.25) is 4.98 Å². The van der Waals surface area contributed by atoms with E-state index in [9.17, 15) is 0 Å². The largest absolute Gasteiger partial charge is 0.325 e. The highest BCUT2D eigenvalue weighted by atomic mass is 32.1. The average molecular weight is 205 g/mol. The molecule has 72 valence electrons. The average Bonchev–Trinajstić information content (AvgIpc) is 2.67. The van der Waals surface area contributed by atoms with Crippen LogP contribution < -0.4 is 5.73 Å². The first-order valence-electron chi connectivity index (χ1n) is 4.41. The maximum absolute atomic E-state index is 5.49. The molecule has 0 amide bonds. The minimum absolute atomic E-state index is 0.521. The lowest BCUT2D eigenvalue weighted by Crippen LogP contribution is -1.96. The van der Waals surface area contributed by atoms with Gasteiger partial charge in [0.25, 0.3) is 0 Å². The molecule has 2 N–H and O–H groups in total. The topological polar surface area (TPSA) is 51.8 Å². The van der Waals surface area contributed by atoms with Crippen LogP contribution in [-0.2, 0) is 13.0 Å². The number of pyridine rings is 1. The summed E-state index contributed by atoms with van der Waals surface area (Å²) >= 11 is 1.66. The van der Waals surface area contributed by atoms with Gasteiger partial charge in [-0.2, -0.15) is 0 Å². The Morgan fingerprint density at radius 1 is 1.29 bits per heavy atom. The normalized spacial score (nSPS) is 10.4. The van der Waals surface area contributed by atoms with E-state index < -0.39 is 0 Å². The Morgan fingerprint density at radius 2 is 2.07 bits per heavy atom. The van der Waals surface area contributed by atoms with Crippen LogP contribution in [0.3, 0.4) is 0 Å². The second kappa shape index (κ2) is 4.30. The summed E-state index contributed by atoms with van der Waals surface area (Å²) in [5, 5.41) is 3.12. The molecule has 3 nitrogen and oxygen atoms in total. The van der Waals surface area contributed by atoms with E-state index in [2.05, 4.69) is 9.97 Å². The minimum Gasteiger partial charge on any atom is -0.325 e. The Hall–Kier alpha value is -1.26. The third-order valence-electron chi connectivity index (χ3n) is 1.91. The maximum Gasteiger partial charge on any atom is 0.0972 e. The number of aromatic nitrogens is 2. The molecule has 0 fully saturated rings. The van der Waals surface area contributed by atoms with E-state index in [-0.39, 0.29) is 0 Å². The predicted molar refractivity (Wildman–Crippen MR) is 57.0 cm³/mol. The molecule has 0 aromatic carbocycles. The standard InChI is InChI=1S/C10H11N3S/c11-6-9-7-14-10(13-9)5-8-1-3-12-4-2-8/h1-4,7H,5-6,11H2. The molecule has 0 spiro atoms. The summed E-state index contributed by atoms with van der Waals surface area (Å²) < 4.78 is 0. The van der Waals surface area contributed by atoms with Crippen LogP contribution in [0.1, 0.15) is 16.3 Å². The van der Waals surface area contributed by atoms with E-state index in [1.807, 2.05) is 17.5 Å². The molecular weight excluding hydrogens is 194 g/mol. The fourth-order valence-electron chi connectivity index (χ4n) is 1.20. The van der Waals surface area contributed by atoms with Gasteiger partial charge in [0.2, 0.25) is 0 Å². The molecule has 14 heavy (non-hydrogen) atoms. The Labute approximate surface area is 86.6 Å². The van der Waals surface area contributed by atoms with Gasteiger partial charge in [0.05, 0.1) is 10.7 Å². The molecule has 0 radical (unpaired) electrons. The highest BCUT2D eigenvalue weighted by molar-refractivity contribution is 7.09. The molecule has 2 heterocycles. The molecule has 0 aliphatic heterocycles. The van der Waals surface area contributed by atoms with Gasteiger partial charge in [-0.1, -0.05) is 0 Å².